The predicted octanol–water partition coefficient (Wildman–Crippen LogP) is 5.58. The van der Waals surface area contributed by atoms with Gasteiger partial charge in [0.15, 0.2) is 0 Å². The minimum absolute atomic E-state index is 0.202. The number of ether oxygens (including phenoxy) is 2. The Kier molecular flexibility index (Phi) is 4.51. The second-order valence-electron chi connectivity index (χ2n) is 13.3. The lowest BCUT2D eigenvalue weighted by Gasteiger charge is -2.29. The standard InChI is InChI=1S/C40H19NO8/c42-33-32-39-29-13-9-20(18-6-10-23-26(14-18)36(45)48-34(23)43)16-28(29)31(40(32,39)38(47)41(33)22-4-2-1-3-5-22)25-12-8-21(17-30(25)39)19-7-11-24-27(15-19)37(46)49-35(24)44/h1-17,31-32H/t31?,32-,39?,40-/m0/s1. The Bertz CT molecular complexity index is 2550. The van der Waals surface area contributed by atoms with Gasteiger partial charge in [-0.3, -0.25) is 9.59 Å². The number of benzene rings is 5. The topological polar surface area (TPSA) is 124 Å². The molecule has 0 radical (unpaired) electrons. The fraction of sp³-hybridized carbons (Fsp3) is 0.100. The maximum atomic E-state index is 14.8. The van der Waals surface area contributed by atoms with Crippen LogP contribution in [0.2, 0.25) is 0 Å². The van der Waals surface area contributed by atoms with Crippen LogP contribution in [0.5, 0.6) is 0 Å². The van der Waals surface area contributed by atoms with Crippen LogP contribution in [-0.4, -0.2) is 35.7 Å². The van der Waals surface area contributed by atoms with E-state index in [1.165, 1.54) is 4.90 Å². The highest BCUT2D eigenvalue weighted by Crippen LogP contribution is 2.90. The third kappa shape index (κ3) is 2.79. The molecule has 1 saturated carbocycles. The molecule has 5 aromatic carbocycles. The summed E-state index contributed by atoms with van der Waals surface area (Å²) < 4.78 is 9.59. The van der Waals surface area contributed by atoms with E-state index in [-0.39, 0.29) is 34.1 Å². The second kappa shape index (κ2) is 8.32. The lowest BCUT2D eigenvalue weighted by molar-refractivity contribution is -0.125. The molecular formula is C40H19NO8. The molecule has 9 nitrogen and oxygen atoms in total. The van der Waals surface area contributed by atoms with Gasteiger partial charge in [0.05, 0.1) is 39.3 Å². The van der Waals surface area contributed by atoms with Crippen LogP contribution in [0.1, 0.15) is 69.6 Å². The van der Waals surface area contributed by atoms with Crippen molar-refractivity contribution in [1.82, 2.24) is 0 Å². The van der Waals surface area contributed by atoms with Gasteiger partial charge in [0.25, 0.3) is 0 Å². The van der Waals surface area contributed by atoms with Crippen molar-refractivity contribution in [2.75, 3.05) is 4.90 Å². The first-order valence-electron chi connectivity index (χ1n) is 15.8. The molecule has 6 aliphatic rings. The van der Waals surface area contributed by atoms with E-state index >= 15 is 0 Å². The Balaban J connectivity index is 1.09. The van der Waals surface area contributed by atoms with Gasteiger partial charge in [-0.2, -0.15) is 0 Å². The molecular weight excluding hydrogens is 622 g/mol. The van der Waals surface area contributed by atoms with Gasteiger partial charge in [-0.05, 0) is 87.0 Å². The summed E-state index contributed by atoms with van der Waals surface area (Å²) >= 11 is 0. The van der Waals surface area contributed by atoms with E-state index in [0.29, 0.717) is 11.3 Å². The van der Waals surface area contributed by atoms with Crippen LogP contribution < -0.4 is 4.90 Å². The number of para-hydroxylation sites is 1. The van der Waals surface area contributed by atoms with Crippen molar-refractivity contribution in [2.24, 2.45) is 11.3 Å². The number of hydrogen-bond acceptors (Lipinski definition) is 8. The molecule has 3 aliphatic heterocycles. The Hall–Kier alpha value is -6.48. The minimum atomic E-state index is -1.04. The van der Waals surface area contributed by atoms with E-state index < -0.39 is 46.5 Å². The second-order valence-corrected chi connectivity index (χ2v) is 13.3. The molecule has 232 valence electrons. The molecule has 2 unspecified atom stereocenters. The highest BCUT2D eigenvalue weighted by Gasteiger charge is 2.97. The summed E-state index contributed by atoms with van der Waals surface area (Å²) in [5.74, 6) is -4.17. The number of nitrogens with zero attached hydrogens (tertiary/aromatic N) is 1. The molecule has 0 aromatic heterocycles. The third-order valence-corrected chi connectivity index (χ3v) is 11.5. The number of carbonyl (C=O) groups excluding carboxylic acids is 6. The summed E-state index contributed by atoms with van der Waals surface area (Å²) in [6.45, 7) is 0. The Labute approximate surface area is 276 Å². The molecule has 11 rings (SSSR count). The van der Waals surface area contributed by atoms with Crippen LogP contribution in [0, 0.1) is 11.3 Å². The SMILES string of the molecule is O=C1OC(=O)c2cc(-c3ccc4c(c3)C3c5ccc(-c6ccc7c(c6)C(=O)OC7=O)cc5C45[C@@H]4C(=O)N(c6ccccc6)C(=O)[C@]345)ccc21. The van der Waals surface area contributed by atoms with Gasteiger partial charge < -0.3 is 9.47 Å². The number of hydrogen-bond donors (Lipinski definition) is 0. The number of imide groups is 1. The number of amides is 2. The molecule has 1 saturated heterocycles. The average molecular weight is 642 g/mol. The zero-order chi connectivity index (χ0) is 33.1. The normalized spacial score (nSPS) is 25.8. The van der Waals surface area contributed by atoms with E-state index in [2.05, 4.69) is 0 Å². The summed E-state index contributed by atoms with van der Waals surface area (Å²) in [5.41, 5.74) is 6.23. The fourth-order valence-electron chi connectivity index (χ4n) is 9.68. The summed E-state index contributed by atoms with van der Waals surface area (Å²) in [5, 5.41) is 0. The zero-order valence-electron chi connectivity index (χ0n) is 25.2. The number of cyclic esters (lactones) is 4. The number of fused-ring (bicyclic) bond motifs is 6. The quantitative estimate of drug-likeness (QED) is 0.142. The van der Waals surface area contributed by atoms with E-state index in [0.717, 1.165) is 38.9 Å². The molecule has 2 amide bonds. The van der Waals surface area contributed by atoms with E-state index in [4.69, 9.17) is 9.47 Å². The fourth-order valence-corrected chi connectivity index (χ4v) is 9.68. The van der Waals surface area contributed by atoms with Crippen LogP contribution in [0.15, 0.2) is 103 Å². The molecule has 49 heavy (non-hydrogen) atoms. The first-order chi connectivity index (χ1) is 23.8. The van der Waals surface area contributed by atoms with E-state index in [9.17, 15) is 28.8 Å². The summed E-state index contributed by atoms with van der Waals surface area (Å²) in [6.07, 6.45) is 0. The third-order valence-electron chi connectivity index (χ3n) is 11.5. The number of esters is 4. The molecule has 0 N–H and O–H groups in total. The Morgan fingerprint density at radius 3 is 1.71 bits per heavy atom. The zero-order valence-corrected chi connectivity index (χ0v) is 25.2. The van der Waals surface area contributed by atoms with Gasteiger partial charge in [0.1, 0.15) is 0 Å². The maximum Gasteiger partial charge on any atom is 0.346 e. The Morgan fingerprint density at radius 2 is 1.06 bits per heavy atom. The van der Waals surface area contributed by atoms with E-state index in [1.807, 2.05) is 42.5 Å². The molecule has 9 heteroatoms. The van der Waals surface area contributed by atoms with Crippen molar-refractivity contribution >= 4 is 41.4 Å². The number of carbonyl (C=O) groups is 6. The largest absolute Gasteiger partial charge is 0.386 e. The molecule has 1 spiro atoms. The average Bonchev–Trinajstić information content (AvgIpc) is 3.41. The van der Waals surface area contributed by atoms with Crippen molar-refractivity contribution in [3.05, 3.63) is 148 Å². The van der Waals surface area contributed by atoms with Crippen molar-refractivity contribution < 1.29 is 38.2 Å². The van der Waals surface area contributed by atoms with Gasteiger partial charge in [0, 0.05) is 11.3 Å². The van der Waals surface area contributed by atoms with Crippen molar-refractivity contribution in [1.29, 1.82) is 0 Å². The lowest BCUT2D eigenvalue weighted by Crippen LogP contribution is -2.40. The van der Waals surface area contributed by atoms with Gasteiger partial charge in [-0.25, -0.2) is 24.1 Å². The first-order valence-corrected chi connectivity index (χ1v) is 15.8. The van der Waals surface area contributed by atoms with Crippen LogP contribution in [0.25, 0.3) is 22.3 Å². The van der Waals surface area contributed by atoms with Crippen LogP contribution >= 0.6 is 0 Å². The van der Waals surface area contributed by atoms with Crippen molar-refractivity contribution in [3.8, 4) is 22.3 Å². The van der Waals surface area contributed by atoms with Gasteiger partial charge >= 0.3 is 23.9 Å². The summed E-state index contributed by atoms with van der Waals surface area (Å²) in [4.78, 5) is 79.3. The highest BCUT2D eigenvalue weighted by atomic mass is 16.6. The number of rotatable bonds is 3. The van der Waals surface area contributed by atoms with Gasteiger partial charge in [-0.15, -0.1) is 0 Å². The van der Waals surface area contributed by atoms with Gasteiger partial charge in [0.2, 0.25) is 11.8 Å². The lowest BCUT2D eigenvalue weighted by atomic mass is 9.73. The summed E-state index contributed by atoms with van der Waals surface area (Å²) in [6, 6.07) is 30.9. The minimum Gasteiger partial charge on any atom is -0.386 e. The molecule has 3 heterocycles. The van der Waals surface area contributed by atoms with Crippen LogP contribution in [0.4, 0.5) is 5.69 Å². The first kappa shape index (κ1) is 26.6. The highest BCUT2D eigenvalue weighted by molar-refractivity contribution is 6.31. The van der Waals surface area contributed by atoms with Crippen molar-refractivity contribution in [2.45, 2.75) is 11.3 Å². The molecule has 3 aliphatic carbocycles. The molecule has 4 atom stereocenters. The van der Waals surface area contributed by atoms with Gasteiger partial charge in [-0.1, -0.05) is 60.7 Å². The molecule has 5 aromatic rings. The maximum absolute atomic E-state index is 14.8. The molecule has 2 bridgehead atoms. The van der Waals surface area contributed by atoms with Crippen LogP contribution in [-0.2, 0) is 24.5 Å². The van der Waals surface area contributed by atoms with Crippen LogP contribution in [0.3, 0.4) is 0 Å². The van der Waals surface area contributed by atoms with E-state index in [1.54, 1.807) is 60.7 Å². The monoisotopic (exact) mass is 641 g/mol. The summed E-state index contributed by atoms with van der Waals surface area (Å²) in [7, 11) is 0. The smallest absolute Gasteiger partial charge is 0.346 e. The number of anilines is 1. The molecule has 2 fully saturated rings. The predicted molar refractivity (Wildman–Crippen MR) is 171 cm³/mol. The number of piperidine rings is 1. The van der Waals surface area contributed by atoms with Crippen molar-refractivity contribution in [3.63, 3.8) is 0 Å². The Morgan fingerprint density at radius 1 is 0.510 bits per heavy atom.